The van der Waals surface area contributed by atoms with Gasteiger partial charge in [0.25, 0.3) is 0 Å². The molecule has 0 aliphatic heterocycles. The minimum atomic E-state index is -0.493. The molecule has 3 aromatic rings. The Kier molecular flexibility index (Phi) is 11.5. The van der Waals surface area contributed by atoms with E-state index in [1.54, 1.807) is 18.3 Å². The molecule has 0 saturated heterocycles. The van der Waals surface area contributed by atoms with Crippen LogP contribution in [0.5, 0.6) is 0 Å². The first-order valence-electron chi connectivity index (χ1n) is 11.5. The molecule has 0 radical (unpaired) electrons. The average Bonchev–Trinajstić information content (AvgIpc) is 3.43. The minimum absolute atomic E-state index is 0.161. The highest BCUT2D eigenvalue weighted by Crippen LogP contribution is 2.15. The summed E-state index contributed by atoms with van der Waals surface area (Å²) in [5, 5.41) is 2.69. The molecule has 3 unspecified atom stereocenters. The molecule has 2 aromatic heterocycles. The maximum Gasteiger partial charge on any atom is 0.374 e. The number of carbonyl (C=O) groups is 1. The molecule has 3 N–H and O–H groups in total. The quantitative estimate of drug-likeness (QED) is 0.175. The molecule has 0 aliphatic carbocycles. The van der Waals surface area contributed by atoms with E-state index >= 15 is 0 Å². The molecule has 35 heavy (non-hydrogen) atoms. The van der Waals surface area contributed by atoms with Crippen molar-refractivity contribution in [2.45, 2.75) is 42.8 Å². The van der Waals surface area contributed by atoms with Crippen molar-refractivity contribution in [3.8, 4) is 0 Å². The lowest BCUT2D eigenvalue weighted by molar-refractivity contribution is 0.0435. The van der Waals surface area contributed by atoms with Crippen LogP contribution in [0.3, 0.4) is 0 Å². The van der Waals surface area contributed by atoms with Crippen molar-refractivity contribution in [2.24, 2.45) is 5.73 Å². The molecule has 188 valence electrons. The fourth-order valence-corrected chi connectivity index (χ4v) is 4.02. The molecule has 3 atom stereocenters. The van der Waals surface area contributed by atoms with Crippen LogP contribution in [-0.4, -0.2) is 47.5 Å². The van der Waals surface area contributed by atoms with E-state index < -0.39 is 12.0 Å². The highest BCUT2D eigenvalue weighted by atomic mass is 35.5. The third-order valence-corrected chi connectivity index (χ3v) is 6.38. The van der Waals surface area contributed by atoms with Crippen LogP contribution in [0.2, 0.25) is 0 Å². The summed E-state index contributed by atoms with van der Waals surface area (Å²) < 4.78 is 16.1. The second-order valence-electron chi connectivity index (χ2n) is 8.04. The van der Waals surface area contributed by atoms with Gasteiger partial charge in [-0.05, 0) is 48.4 Å². The van der Waals surface area contributed by atoms with Crippen LogP contribution in [0.1, 0.15) is 33.8 Å². The van der Waals surface area contributed by atoms with Crippen molar-refractivity contribution < 1.29 is 18.7 Å². The Labute approximate surface area is 215 Å². The number of aromatic nitrogens is 1. The van der Waals surface area contributed by atoms with Crippen molar-refractivity contribution in [3.05, 3.63) is 89.6 Å². The largest absolute Gasteiger partial charge is 0.457 e. The van der Waals surface area contributed by atoms with E-state index in [0.29, 0.717) is 32.7 Å². The van der Waals surface area contributed by atoms with E-state index in [-0.39, 0.29) is 23.1 Å². The van der Waals surface area contributed by atoms with E-state index in [1.165, 1.54) is 6.26 Å². The van der Waals surface area contributed by atoms with Crippen LogP contribution in [-0.2, 0) is 29.0 Å². The second-order valence-corrected chi connectivity index (χ2v) is 9.16. The van der Waals surface area contributed by atoms with Gasteiger partial charge in [-0.2, -0.15) is 0 Å². The number of halogens is 2. The number of pyridine rings is 1. The number of nitrogens with zero attached hydrogens (tertiary/aromatic N) is 1. The normalized spacial score (nSPS) is 13.8. The van der Waals surface area contributed by atoms with Crippen molar-refractivity contribution in [1.29, 1.82) is 0 Å². The summed E-state index contributed by atoms with van der Waals surface area (Å²) in [6, 6.07) is 16.4. The lowest BCUT2D eigenvalue weighted by Gasteiger charge is -2.23. The molecule has 3 rings (SSSR count). The first kappa shape index (κ1) is 27.2. The maximum atomic E-state index is 12.0. The summed E-state index contributed by atoms with van der Waals surface area (Å²) >= 11 is 12.9. The SMILES string of the molecule is NC(C(Cl)CCNCc1ccccc1COC(=O)c1ccco1)C(Cl)COCCc1ccccn1. The zero-order valence-corrected chi connectivity index (χ0v) is 21.0. The van der Waals surface area contributed by atoms with Crippen LogP contribution in [0.4, 0.5) is 0 Å². The summed E-state index contributed by atoms with van der Waals surface area (Å²) in [7, 11) is 0. The summed E-state index contributed by atoms with van der Waals surface area (Å²) in [6.07, 6.45) is 4.57. The van der Waals surface area contributed by atoms with E-state index in [1.807, 2.05) is 42.5 Å². The number of carbonyl (C=O) groups excluding carboxylic acids is 1. The molecule has 0 bridgehead atoms. The maximum absolute atomic E-state index is 12.0. The van der Waals surface area contributed by atoms with Gasteiger partial charge >= 0.3 is 5.97 Å². The van der Waals surface area contributed by atoms with Crippen molar-refractivity contribution in [1.82, 2.24) is 10.3 Å². The fraction of sp³-hybridized carbons (Fsp3) is 0.385. The molecular weight excluding hydrogens is 489 g/mol. The second kappa shape index (κ2) is 14.9. The van der Waals surface area contributed by atoms with Crippen LogP contribution < -0.4 is 11.1 Å². The van der Waals surface area contributed by atoms with Gasteiger partial charge in [-0.25, -0.2) is 4.79 Å². The standard InChI is InChI=1S/C26H31Cl2N3O4/c27-22(25(29)23(28)18-33-15-11-21-8-3-4-12-31-21)10-13-30-16-19-6-1-2-7-20(19)17-35-26(32)24-9-5-14-34-24/h1-9,12,14,22-23,25,30H,10-11,13,15-18,29H2. The number of benzene rings is 1. The lowest BCUT2D eigenvalue weighted by atomic mass is 10.1. The Morgan fingerprint density at radius 3 is 2.60 bits per heavy atom. The fourth-order valence-electron chi connectivity index (χ4n) is 3.39. The van der Waals surface area contributed by atoms with Gasteiger partial charge in [-0.1, -0.05) is 30.3 Å². The number of alkyl halides is 2. The van der Waals surface area contributed by atoms with Gasteiger partial charge in [0.1, 0.15) is 6.61 Å². The highest BCUT2D eigenvalue weighted by Gasteiger charge is 2.23. The average molecular weight is 520 g/mol. The molecular formula is C26H31Cl2N3O4. The van der Waals surface area contributed by atoms with E-state index in [4.69, 9.17) is 42.8 Å². The number of furan rings is 1. The van der Waals surface area contributed by atoms with Crippen LogP contribution >= 0.6 is 23.2 Å². The molecule has 1 aromatic carbocycles. The van der Waals surface area contributed by atoms with Crippen LogP contribution in [0, 0.1) is 0 Å². The monoisotopic (exact) mass is 519 g/mol. The Bertz CT molecular complexity index is 1000. The molecule has 7 nitrogen and oxygen atoms in total. The number of rotatable bonds is 15. The number of nitrogens with one attached hydrogen (secondary N) is 1. The van der Waals surface area contributed by atoms with E-state index in [2.05, 4.69) is 10.3 Å². The van der Waals surface area contributed by atoms with Crippen LogP contribution in [0.25, 0.3) is 0 Å². The highest BCUT2D eigenvalue weighted by molar-refractivity contribution is 6.24. The zero-order chi connectivity index (χ0) is 24.9. The van der Waals surface area contributed by atoms with Gasteiger partial charge in [0.2, 0.25) is 5.76 Å². The van der Waals surface area contributed by atoms with Gasteiger partial charge < -0.3 is 24.9 Å². The number of esters is 1. The van der Waals surface area contributed by atoms with Gasteiger partial charge in [-0.15, -0.1) is 23.2 Å². The Balaban J connectivity index is 1.33. The number of hydrogen-bond donors (Lipinski definition) is 2. The Hall–Kier alpha value is -2.42. The minimum Gasteiger partial charge on any atom is -0.457 e. The van der Waals surface area contributed by atoms with Crippen molar-refractivity contribution >= 4 is 29.2 Å². The smallest absolute Gasteiger partial charge is 0.374 e. The summed E-state index contributed by atoms with van der Waals surface area (Å²) in [6.45, 7) is 2.28. The van der Waals surface area contributed by atoms with Gasteiger partial charge in [0, 0.05) is 30.9 Å². The topological polar surface area (TPSA) is 99.6 Å². The first-order valence-corrected chi connectivity index (χ1v) is 12.4. The van der Waals surface area contributed by atoms with Gasteiger partial charge in [0.15, 0.2) is 0 Å². The molecule has 0 spiro atoms. The molecule has 9 heteroatoms. The van der Waals surface area contributed by atoms with Crippen molar-refractivity contribution in [2.75, 3.05) is 19.8 Å². The summed E-state index contributed by atoms with van der Waals surface area (Å²) in [5.74, 6) is -0.311. The van der Waals surface area contributed by atoms with E-state index in [0.717, 1.165) is 23.2 Å². The number of ether oxygens (including phenoxy) is 2. The molecule has 0 saturated carbocycles. The molecule has 0 fully saturated rings. The summed E-state index contributed by atoms with van der Waals surface area (Å²) in [5.41, 5.74) is 9.17. The third-order valence-electron chi connectivity index (χ3n) is 5.45. The van der Waals surface area contributed by atoms with E-state index in [9.17, 15) is 4.79 Å². The predicted octanol–water partition coefficient (Wildman–Crippen LogP) is 4.31. The van der Waals surface area contributed by atoms with Gasteiger partial charge in [-0.3, -0.25) is 4.98 Å². The number of nitrogens with two attached hydrogens (primary N) is 1. The van der Waals surface area contributed by atoms with Gasteiger partial charge in [0.05, 0.1) is 30.2 Å². The molecule has 0 amide bonds. The van der Waals surface area contributed by atoms with Crippen LogP contribution in [0.15, 0.2) is 71.5 Å². The zero-order valence-electron chi connectivity index (χ0n) is 19.4. The molecule has 2 heterocycles. The molecule has 0 aliphatic rings. The summed E-state index contributed by atoms with van der Waals surface area (Å²) in [4.78, 5) is 16.3. The Morgan fingerprint density at radius 1 is 1.06 bits per heavy atom. The first-order chi connectivity index (χ1) is 17.0. The Morgan fingerprint density at radius 2 is 1.86 bits per heavy atom. The number of hydrogen-bond acceptors (Lipinski definition) is 7. The predicted molar refractivity (Wildman–Crippen MR) is 137 cm³/mol. The lowest BCUT2D eigenvalue weighted by Crippen LogP contribution is -2.42. The van der Waals surface area contributed by atoms with Crippen molar-refractivity contribution in [3.63, 3.8) is 0 Å². The third kappa shape index (κ3) is 9.28.